The Balaban J connectivity index is 4.22. The second kappa shape index (κ2) is 7.31. The van der Waals surface area contributed by atoms with Gasteiger partial charge in [0.2, 0.25) is 0 Å². The summed E-state index contributed by atoms with van der Waals surface area (Å²) in [5.41, 5.74) is 0.298. The second-order valence-corrected chi connectivity index (χ2v) is 2.44. The molecule has 72 valence electrons. The Morgan fingerprint density at radius 3 is 2.54 bits per heavy atom. The van der Waals surface area contributed by atoms with Crippen LogP contribution in [0.25, 0.3) is 0 Å². The second-order valence-electron chi connectivity index (χ2n) is 2.44. The predicted octanol–water partition coefficient (Wildman–Crippen LogP) is 1.51. The average molecular weight is 182 g/mol. The normalized spacial score (nSPS) is 11.9. The van der Waals surface area contributed by atoms with Crippen LogP contribution in [0.3, 0.4) is 0 Å². The summed E-state index contributed by atoms with van der Waals surface area (Å²) in [6, 6.07) is 0. The van der Waals surface area contributed by atoms with E-state index in [9.17, 15) is 4.79 Å². The first-order valence-electron chi connectivity index (χ1n) is 4.04. The van der Waals surface area contributed by atoms with E-state index in [0.717, 1.165) is 0 Å². The molecule has 0 heterocycles. The molecule has 0 atom stereocenters. The van der Waals surface area contributed by atoms with Gasteiger partial charge in [-0.25, -0.2) is 4.79 Å². The summed E-state index contributed by atoms with van der Waals surface area (Å²) in [7, 11) is 0. The van der Waals surface area contributed by atoms with Gasteiger partial charge in [-0.05, 0) is 12.8 Å². The fourth-order valence-corrected chi connectivity index (χ4v) is 0.781. The van der Waals surface area contributed by atoms with Crippen LogP contribution in [0, 0.1) is 0 Å². The summed E-state index contributed by atoms with van der Waals surface area (Å²) >= 11 is 0. The van der Waals surface area contributed by atoms with Crippen LogP contribution in [0.4, 0.5) is 0 Å². The third kappa shape index (κ3) is 5.87. The number of hydrogen-bond donors (Lipinski definition) is 2. The molecular weight excluding hydrogens is 168 g/mol. The molecule has 0 rings (SSSR count). The third-order valence-electron chi connectivity index (χ3n) is 1.42. The van der Waals surface area contributed by atoms with Crippen LogP contribution in [-0.4, -0.2) is 22.8 Å². The highest BCUT2D eigenvalue weighted by Gasteiger charge is 2.04. The zero-order valence-corrected chi connectivity index (χ0v) is 7.44. The summed E-state index contributed by atoms with van der Waals surface area (Å²) in [5.74, 6) is -0.942. The van der Waals surface area contributed by atoms with E-state index in [0.29, 0.717) is 18.4 Å². The first-order valence-corrected chi connectivity index (χ1v) is 4.04. The zero-order chi connectivity index (χ0) is 10.1. The molecular formula is C10H14O3. The molecule has 2 N–H and O–H groups in total. The SMILES string of the molecule is C=CC=CC=C(CCCO)C(=O)O. The van der Waals surface area contributed by atoms with Crippen LogP contribution in [0.5, 0.6) is 0 Å². The minimum atomic E-state index is -0.942. The van der Waals surface area contributed by atoms with Gasteiger partial charge in [0.05, 0.1) is 0 Å². The lowest BCUT2D eigenvalue weighted by Gasteiger charge is -1.97. The number of aliphatic hydroxyl groups excluding tert-OH is 1. The zero-order valence-electron chi connectivity index (χ0n) is 7.44. The minimum absolute atomic E-state index is 0.00971. The number of allylic oxidation sites excluding steroid dienone is 4. The lowest BCUT2D eigenvalue weighted by atomic mass is 10.1. The van der Waals surface area contributed by atoms with Crippen LogP contribution in [0.1, 0.15) is 12.8 Å². The van der Waals surface area contributed by atoms with E-state index >= 15 is 0 Å². The largest absolute Gasteiger partial charge is 0.478 e. The monoisotopic (exact) mass is 182 g/mol. The number of carboxylic acids is 1. The van der Waals surface area contributed by atoms with Crippen molar-refractivity contribution in [2.75, 3.05) is 6.61 Å². The van der Waals surface area contributed by atoms with Gasteiger partial charge in [-0.15, -0.1) is 0 Å². The smallest absolute Gasteiger partial charge is 0.331 e. The summed E-state index contributed by atoms with van der Waals surface area (Å²) in [5, 5.41) is 17.2. The highest BCUT2D eigenvalue weighted by Crippen LogP contribution is 2.04. The van der Waals surface area contributed by atoms with Crippen molar-refractivity contribution < 1.29 is 15.0 Å². The molecule has 0 bridgehead atoms. The Bertz CT molecular complexity index is 226. The number of aliphatic carboxylic acids is 1. The van der Waals surface area contributed by atoms with Crippen molar-refractivity contribution in [3.05, 3.63) is 36.5 Å². The van der Waals surface area contributed by atoms with Crippen molar-refractivity contribution in [2.45, 2.75) is 12.8 Å². The highest BCUT2D eigenvalue weighted by molar-refractivity contribution is 5.86. The van der Waals surface area contributed by atoms with E-state index in [1.807, 2.05) is 0 Å². The van der Waals surface area contributed by atoms with E-state index < -0.39 is 5.97 Å². The van der Waals surface area contributed by atoms with E-state index in [1.165, 1.54) is 6.08 Å². The molecule has 0 spiro atoms. The summed E-state index contributed by atoms with van der Waals surface area (Å²) in [6.45, 7) is 3.47. The van der Waals surface area contributed by atoms with E-state index in [-0.39, 0.29) is 6.61 Å². The third-order valence-corrected chi connectivity index (χ3v) is 1.42. The quantitative estimate of drug-likeness (QED) is 0.483. The van der Waals surface area contributed by atoms with Crippen LogP contribution in [0.15, 0.2) is 36.5 Å². The minimum Gasteiger partial charge on any atom is -0.478 e. The number of hydrogen-bond acceptors (Lipinski definition) is 2. The number of rotatable bonds is 6. The van der Waals surface area contributed by atoms with Gasteiger partial charge in [0.1, 0.15) is 0 Å². The Hall–Kier alpha value is -1.35. The van der Waals surface area contributed by atoms with Crippen molar-refractivity contribution in [3.8, 4) is 0 Å². The summed E-state index contributed by atoms with van der Waals surface area (Å²) in [4.78, 5) is 10.6. The molecule has 3 heteroatoms. The van der Waals surface area contributed by atoms with Gasteiger partial charge in [0.25, 0.3) is 0 Å². The van der Waals surface area contributed by atoms with Gasteiger partial charge in [-0.3, -0.25) is 0 Å². The van der Waals surface area contributed by atoms with Gasteiger partial charge in [0, 0.05) is 12.2 Å². The molecule has 0 aliphatic rings. The van der Waals surface area contributed by atoms with E-state index in [4.69, 9.17) is 10.2 Å². The van der Waals surface area contributed by atoms with Crippen molar-refractivity contribution >= 4 is 5.97 Å². The van der Waals surface area contributed by atoms with E-state index in [2.05, 4.69) is 6.58 Å². The van der Waals surface area contributed by atoms with Crippen molar-refractivity contribution in [1.29, 1.82) is 0 Å². The molecule has 0 unspecified atom stereocenters. The average Bonchev–Trinajstić information content (AvgIpc) is 2.10. The van der Waals surface area contributed by atoms with Crippen molar-refractivity contribution in [1.82, 2.24) is 0 Å². The first kappa shape index (κ1) is 11.6. The molecule has 0 fully saturated rings. The van der Waals surface area contributed by atoms with Crippen LogP contribution in [0.2, 0.25) is 0 Å². The van der Waals surface area contributed by atoms with Gasteiger partial charge in [-0.2, -0.15) is 0 Å². The maximum absolute atomic E-state index is 10.6. The summed E-state index contributed by atoms with van der Waals surface area (Å²) < 4.78 is 0. The molecule has 3 nitrogen and oxygen atoms in total. The number of carboxylic acid groups (broad SMARTS) is 1. The number of aliphatic hydroxyl groups is 1. The van der Waals surface area contributed by atoms with Crippen molar-refractivity contribution in [3.63, 3.8) is 0 Å². The maximum Gasteiger partial charge on any atom is 0.331 e. The van der Waals surface area contributed by atoms with E-state index in [1.54, 1.807) is 18.2 Å². The Morgan fingerprint density at radius 2 is 2.08 bits per heavy atom. The molecule has 0 aromatic heterocycles. The maximum atomic E-state index is 10.6. The van der Waals surface area contributed by atoms with Gasteiger partial charge in [-0.1, -0.05) is 30.9 Å². The Kier molecular flexibility index (Phi) is 6.55. The molecule has 0 radical (unpaired) electrons. The molecule has 0 saturated heterocycles. The Morgan fingerprint density at radius 1 is 1.38 bits per heavy atom. The number of carbonyl (C=O) groups is 1. The van der Waals surface area contributed by atoms with Gasteiger partial charge >= 0.3 is 5.97 Å². The van der Waals surface area contributed by atoms with Gasteiger partial charge in [0.15, 0.2) is 0 Å². The fraction of sp³-hybridized carbons (Fsp3) is 0.300. The summed E-state index contributed by atoms with van der Waals surface area (Å²) in [6.07, 6.45) is 7.21. The molecule has 13 heavy (non-hydrogen) atoms. The van der Waals surface area contributed by atoms with Gasteiger partial charge < -0.3 is 10.2 Å². The first-order chi connectivity index (χ1) is 6.22. The van der Waals surface area contributed by atoms with Crippen LogP contribution < -0.4 is 0 Å². The fourth-order valence-electron chi connectivity index (χ4n) is 0.781. The Labute approximate surface area is 77.7 Å². The standard InChI is InChI=1S/C10H14O3/c1-2-3-4-6-9(10(12)13)7-5-8-11/h2-4,6,11H,1,5,7-8H2,(H,12,13). The molecule has 0 saturated carbocycles. The lowest BCUT2D eigenvalue weighted by molar-refractivity contribution is -0.132. The highest BCUT2D eigenvalue weighted by atomic mass is 16.4. The predicted molar refractivity (Wildman–Crippen MR) is 51.4 cm³/mol. The molecule has 0 aliphatic carbocycles. The van der Waals surface area contributed by atoms with Crippen LogP contribution in [-0.2, 0) is 4.79 Å². The van der Waals surface area contributed by atoms with Crippen molar-refractivity contribution in [2.24, 2.45) is 0 Å². The molecule has 0 aromatic carbocycles. The lowest BCUT2D eigenvalue weighted by Crippen LogP contribution is -2.01. The molecule has 0 aromatic rings. The van der Waals surface area contributed by atoms with Crippen LogP contribution >= 0.6 is 0 Å². The molecule has 0 aliphatic heterocycles. The topological polar surface area (TPSA) is 57.5 Å². The molecule has 0 amide bonds.